The Bertz CT molecular complexity index is 616. The van der Waals surface area contributed by atoms with Crippen LogP contribution in [0.4, 0.5) is 0 Å². The molecule has 3 rings (SSSR count). The molecule has 1 heteroatoms. The minimum Gasteiger partial charge on any atom is -0.258 e. The van der Waals surface area contributed by atoms with Gasteiger partial charge in [0.25, 0.3) is 0 Å². The maximum Gasteiger partial charge on any atom is 0.0382 e. The second-order valence-electron chi connectivity index (χ2n) is 5.06. The van der Waals surface area contributed by atoms with Crippen LogP contribution < -0.4 is 0 Å². The molecule has 1 aromatic carbocycles. The molecule has 0 fully saturated rings. The Morgan fingerprint density at radius 2 is 1.37 bits per heavy atom. The van der Waals surface area contributed by atoms with Gasteiger partial charge in [-0.3, -0.25) is 4.98 Å². The number of benzene rings is 1. The average molecular weight is 247 g/mol. The van der Waals surface area contributed by atoms with E-state index >= 15 is 0 Å². The molecule has 0 bridgehead atoms. The average Bonchev–Trinajstić information content (AvgIpc) is 2.91. The van der Waals surface area contributed by atoms with Crippen molar-refractivity contribution in [3.8, 4) is 11.1 Å². The van der Waals surface area contributed by atoms with Crippen LogP contribution in [0.5, 0.6) is 0 Å². The molecule has 2 aromatic rings. The van der Waals surface area contributed by atoms with E-state index in [2.05, 4.69) is 65.7 Å². The van der Waals surface area contributed by atoms with Gasteiger partial charge < -0.3 is 0 Å². The lowest BCUT2D eigenvalue weighted by Crippen LogP contribution is -1.90. The van der Waals surface area contributed by atoms with E-state index in [0.717, 1.165) is 11.4 Å². The van der Waals surface area contributed by atoms with E-state index < -0.39 is 0 Å². The van der Waals surface area contributed by atoms with Crippen molar-refractivity contribution in [2.45, 2.75) is 19.8 Å². The normalized spacial score (nSPS) is 14.2. The highest BCUT2D eigenvalue weighted by molar-refractivity contribution is 5.64. The van der Waals surface area contributed by atoms with Crippen molar-refractivity contribution in [3.63, 3.8) is 0 Å². The van der Waals surface area contributed by atoms with E-state index in [1.807, 2.05) is 13.8 Å². The van der Waals surface area contributed by atoms with Gasteiger partial charge in [-0.15, -0.1) is 0 Å². The molecule has 1 aliphatic carbocycles. The van der Waals surface area contributed by atoms with Crippen molar-refractivity contribution in [1.82, 2.24) is 4.98 Å². The fourth-order valence-electron chi connectivity index (χ4n) is 2.55. The lowest BCUT2D eigenvalue weighted by Gasteiger charge is -2.08. The van der Waals surface area contributed by atoms with Crippen molar-refractivity contribution in [2.75, 3.05) is 0 Å². The van der Waals surface area contributed by atoms with Crippen LogP contribution in [0.15, 0.2) is 60.7 Å². The van der Waals surface area contributed by atoms with Gasteiger partial charge in [-0.1, -0.05) is 48.6 Å². The Balaban J connectivity index is 1.93. The molecule has 1 heterocycles. The van der Waals surface area contributed by atoms with Crippen LogP contribution >= 0.6 is 0 Å². The number of nitrogens with zero attached hydrogens (tertiary/aromatic N) is 1. The first kappa shape index (κ1) is 11.9. The summed E-state index contributed by atoms with van der Waals surface area (Å²) in [5.41, 5.74) is 5.98. The molecule has 1 aliphatic rings. The zero-order valence-electron chi connectivity index (χ0n) is 11.3. The van der Waals surface area contributed by atoms with Gasteiger partial charge >= 0.3 is 0 Å². The number of hydrogen-bond donors (Lipinski definition) is 0. The van der Waals surface area contributed by atoms with Gasteiger partial charge in [-0.2, -0.15) is 0 Å². The molecule has 1 aromatic heterocycles. The summed E-state index contributed by atoms with van der Waals surface area (Å²) in [4.78, 5) is 4.42. The number of rotatable bonds is 2. The number of aryl methyl sites for hydroxylation is 2. The summed E-state index contributed by atoms with van der Waals surface area (Å²) >= 11 is 0. The number of allylic oxidation sites excluding steroid dienone is 4. The maximum atomic E-state index is 4.42. The van der Waals surface area contributed by atoms with Crippen LogP contribution in [0.1, 0.15) is 22.9 Å². The smallest absolute Gasteiger partial charge is 0.0382 e. The van der Waals surface area contributed by atoms with Crippen molar-refractivity contribution in [3.05, 3.63) is 77.7 Å². The van der Waals surface area contributed by atoms with E-state index in [0.29, 0.717) is 5.92 Å². The highest BCUT2D eigenvalue weighted by Crippen LogP contribution is 2.26. The molecule has 0 radical (unpaired) electrons. The molecule has 0 atom stereocenters. The zero-order valence-corrected chi connectivity index (χ0v) is 11.3. The van der Waals surface area contributed by atoms with Crippen molar-refractivity contribution in [1.29, 1.82) is 0 Å². The molecule has 0 unspecified atom stereocenters. The van der Waals surface area contributed by atoms with Gasteiger partial charge in [0, 0.05) is 17.3 Å². The first-order valence-corrected chi connectivity index (χ1v) is 6.63. The van der Waals surface area contributed by atoms with Gasteiger partial charge in [0.05, 0.1) is 0 Å². The summed E-state index contributed by atoms with van der Waals surface area (Å²) in [5, 5.41) is 0. The number of aromatic nitrogens is 1. The first-order valence-electron chi connectivity index (χ1n) is 6.63. The minimum absolute atomic E-state index is 0.440. The van der Waals surface area contributed by atoms with Gasteiger partial charge in [0.2, 0.25) is 0 Å². The first-order chi connectivity index (χ1) is 9.22. The van der Waals surface area contributed by atoms with E-state index in [1.54, 1.807) is 0 Å². The quantitative estimate of drug-likeness (QED) is 0.757. The predicted octanol–water partition coefficient (Wildman–Crippen LogP) is 4.58. The topological polar surface area (TPSA) is 12.9 Å². The summed E-state index contributed by atoms with van der Waals surface area (Å²) in [7, 11) is 0. The Labute approximate surface area is 114 Å². The summed E-state index contributed by atoms with van der Waals surface area (Å²) in [6, 6.07) is 13.1. The third-order valence-corrected chi connectivity index (χ3v) is 3.46. The third kappa shape index (κ3) is 2.50. The molecule has 0 amide bonds. The molecule has 19 heavy (non-hydrogen) atoms. The molecular formula is C18H17N. The van der Waals surface area contributed by atoms with Crippen LogP contribution in [0, 0.1) is 13.8 Å². The Morgan fingerprint density at radius 1 is 0.789 bits per heavy atom. The zero-order chi connectivity index (χ0) is 13.2. The van der Waals surface area contributed by atoms with Gasteiger partial charge in [-0.25, -0.2) is 0 Å². The highest BCUT2D eigenvalue weighted by Gasteiger charge is 2.07. The molecule has 0 spiro atoms. The monoisotopic (exact) mass is 247 g/mol. The predicted molar refractivity (Wildman–Crippen MR) is 80.2 cm³/mol. The Kier molecular flexibility index (Phi) is 3.04. The maximum absolute atomic E-state index is 4.42. The standard InChI is InChI=1S/C18H17N/c1-13-11-18(12-14(2)19-13)17-9-7-16(8-10-17)15-5-3-4-6-15/h3-12,15H,1-2H3. The van der Waals surface area contributed by atoms with E-state index in [9.17, 15) is 0 Å². The van der Waals surface area contributed by atoms with Crippen LogP contribution in [0.2, 0.25) is 0 Å². The summed E-state index contributed by atoms with van der Waals surface area (Å²) in [6.45, 7) is 4.08. The largest absolute Gasteiger partial charge is 0.258 e. The molecule has 0 N–H and O–H groups in total. The minimum atomic E-state index is 0.440. The lowest BCUT2D eigenvalue weighted by molar-refractivity contribution is 1.10. The molecular weight excluding hydrogens is 230 g/mol. The molecule has 1 nitrogen and oxygen atoms in total. The number of hydrogen-bond acceptors (Lipinski definition) is 1. The highest BCUT2D eigenvalue weighted by atomic mass is 14.7. The van der Waals surface area contributed by atoms with E-state index in [-0.39, 0.29) is 0 Å². The van der Waals surface area contributed by atoms with Crippen molar-refractivity contribution < 1.29 is 0 Å². The van der Waals surface area contributed by atoms with Crippen LogP contribution in [0.25, 0.3) is 11.1 Å². The lowest BCUT2D eigenvalue weighted by atomic mass is 9.97. The second-order valence-corrected chi connectivity index (χ2v) is 5.06. The van der Waals surface area contributed by atoms with Gasteiger partial charge in [0.15, 0.2) is 0 Å². The van der Waals surface area contributed by atoms with Gasteiger partial charge in [0.1, 0.15) is 0 Å². The van der Waals surface area contributed by atoms with Crippen LogP contribution in [-0.2, 0) is 0 Å². The Morgan fingerprint density at radius 3 is 1.95 bits per heavy atom. The SMILES string of the molecule is Cc1cc(-c2ccc(C3C=CC=C3)cc2)cc(C)n1. The second kappa shape index (κ2) is 4.85. The molecule has 94 valence electrons. The van der Waals surface area contributed by atoms with Crippen molar-refractivity contribution >= 4 is 0 Å². The summed E-state index contributed by atoms with van der Waals surface area (Å²) in [5.74, 6) is 0.440. The molecule has 0 saturated carbocycles. The van der Waals surface area contributed by atoms with E-state index in [1.165, 1.54) is 16.7 Å². The fourth-order valence-corrected chi connectivity index (χ4v) is 2.55. The van der Waals surface area contributed by atoms with Crippen LogP contribution in [-0.4, -0.2) is 4.98 Å². The van der Waals surface area contributed by atoms with E-state index in [4.69, 9.17) is 0 Å². The van der Waals surface area contributed by atoms with Gasteiger partial charge in [-0.05, 0) is 42.7 Å². The Hall–Kier alpha value is -2.15. The third-order valence-electron chi connectivity index (χ3n) is 3.46. The van der Waals surface area contributed by atoms with Crippen LogP contribution in [0.3, 0.4) is 0 Å². The molecule has 0 aliphatic heterocycles. The van der Waals surface area contributed by atoms with Crippen molar-refractivity contribution in [2.24, 2.45) is 0 Å². The summed E-state index contributed by atoms with van der Waals surface area (Å²) in [6.07, 6.45) is 8.65. The number of pyridine rings is 1. The summed E-state index contributed by atoms with van der Waals surface area (Å²) < 4.78 is 0. The fraction of sp³-hybridized carbons (Fsp3) is 0.167. The molecule has 0 saturated heterocycles.